The van der Waals surface area contributed by atoms with Gasteiger partial charge in [-0.2, -0.15) is 0 Å². The Kier molecular flexibility index (Phi) is 7.54. The fourth-order valence-corrected chi connectivity index (χ4v) is 8.50. The van der Waals surface area contributed by atoms with Crippen molar-refractivity contribution >= 4 is 46.7 Å². The third kappa shape index (κ3) is 4.45. The first-order valence-corrected chi connectivity index (χ1v) is 15.2. The zero-order valence-electron chi connectivity index (χ0n) is 22.9. The molecule has 2 aromatic carbocycles. The van der Waals surface area contributed by atoms with Gasteiger partial charge in [-0.25, -0.2) is 4.39 Å². The van der Waals surface area contributed by atoms with Crippen LogP contribution in [0.3, 0.4) is 0 Å². The number of rotatable bonds is 4. The number of carbonyl (C=O) groups is 3. The van der Waals surface area contributed by atoms with Crippen LogP contribution in [0.5, 0.6) is 0 Å². The molecule has 7 nitrogen and oxygen atoms in total. The number of ether oxygens (including phenoxy) is 1. The summed E-state index contributed by atoms with van der Waals surface area (Å²) in [7, 11) is 1.39. The van der Waals surface area contributed by atoms with Gasteiger partial charge in [-0.1, -0.05) is 60.7 Å². The van der Waals surface area contributed by atoms with Gasteiger partial charge in [-0.05, 0) is 67.9 Å². The summed E-state index contributed by atoms with van der Waals surface area (Å²) >= 11 is 12.6. The minimum atomic E-state index is -1.26. The second-order valence-electron chi connectivity index (χ2n) is 11.9. The van der Waals surface area contributed by atoms with Crippen molar-refractivity contribution in [3.8, 4) is 0 Å². The van der Waals surface area contributed by atoms with Crippen molar-refractivity contribution in [2.45, 2.75) is 86.7 Å². The molecule has 3 N–H and O–H groups in total. The number of carbonyl (C=O) groups excluding carboxylic acids is 3. The van der Waals surface area contributed by atoms with Gasteiger partial charge in [0, 0.05) is 28.2 Å². The minimum Gasteiger partial charge on any atom is -0.469 e. The first-order chi connectivity index (χ1) is 19.7. The molecule has 3 fully saturated rings. The maximum Gasteiger partial charge on any atom is 0.308 e. The smallest absolute Gasteiger partial charge is 0.308 e. The van der Waals surface area contributed by atoms with E-state index >= 15 is 4.39 Å². The zero-order chi connectivity index (χ0) is 28.9. The average molecular weight is 603 g/mol. The lowest BCUT2D eigenvalue weighted by atomic mass is 9.55. The Morgan fingerprint density at radius 1 is 1.05 bits per heavy atom. The number of halogens is 3. The van der Waals surface area contributed by atoms with E-state index in [-0.39, 0.29) is 40.3 Å². The summed E-state index contributed by atoms with van der Waals surface area (Å²) < 4.78 is 20.9. The van der Waals surface area contributed by atoms with E-state index in [1.807, 2.05) is 6.07 Å². The van der Waals surface area contributed by atoms with Crippen molar-refractivity contribution in [3.05, 3.63) is 63.4 Å². The Morgan fingerprint density at radius 2 is 1.78 bits per heavy atom. The highest BCUT2D eigenvalue weighted by Gasteiger charge is 2.72. The molecule has 0 bridgehead atoms. The van der Waals surface area contributed by atoms with E-state index in [2.05, 4.69) is 16.0 Å². The van der Waals surface area contributed by atoms with Crippen LogP contribution in [0.25, 0.3) is 0 Å². The first kappa shape index (κ1) is 28.4. The van der Waals surface area contributed by atoms with E-state index in [0.717, 1.165) is 24.8 Å². The van der Waals surface area contributed by atoms with Gasteiger partial charge in [0.25, 0.3) is 0 Å². The molecule has 2 aliphatic carbocycles. The third-order valence-corrected chi connectivity index (χ3v) is 10.4. The highest BCUT2D eigenvalue weighted by molar-refractivity contribution is 6.31. The van der Waals surface area contributed by atoms with Crippen LogP contribution in [0.4, 0.5) is 10.1 Å². The lowest BCUT2D eigenvalue weighted by Crippen LogP contribution is -2.60. The molecular formula is C31H34Cl2FN3O4. The molecule has 2 amide bonds. The Hall–Kier alpha value is -2.68. The topological polar surface area (TPSA) is 96.5 Å². The minimum absolute atomic E-state index is 0.0581. The van der Waals surface area contributed by atoms with Crippen LogP contribution in [-0.4, -0.2) is 42.5 Å². The Morgan fingerprint density at radius 3 is 2.49 bits per heavy atom. The van der Waals surface area contributed by atoms with Crippen LogP contribution in [0.2, 0.25) is 10.0 Å². The van der Waals surface area contributed by atoms with E-state index in [4.69, 9.17) is 27.9 Å². The summed E-state index contributed by atoms with van der Waals surface area (Å²) in [4.78, 5) is 40.6. The van der Waals surface area contributed by atoms with Crippen molar-refractivity contribution in [3.63, 3.8) is 0 Å². The number of esters is 1. The molecule has 0 aromatic heterocycles. The SMILES string of the molecule is COC(=O)C1CCC(NC(=O)C2NC3(CCCCC3)C3(C(=O)Nc4cc(Cl)ccc43)C2c2cccc(Cl)c2F)CC1. The second-order valence-corrected chi connectivity index (χ2v) is 12.8. The van der Waals surface area contributed by atoms with E-state index in [1.54, 1.807) is 24.3 Å². The fraction of sp³-hybridized carbons (Fsp3) is 0.516. The van der Waals surface area contributed by atoms with Crippen LogP contribution in [0, 0.1) is 11.7 Å². The molecule has 1 saturated heterocycles. The van der Waals surface area contributed by atoms with Crippen LogP contribution in [0.1, 0.15) is 74.8 Å². The van der Waals surface area contributed by atoms with E-state index in [9.17, 15) is 14.4 Å². The first-order valence-electron chi connectivity index (χ1n) is 14.4. The van der Waals surface area contributed by atoms with E-state index in [1.165, 1.54) is 13.2 Å². The molecule has 3 unspecified atom stereocenters. The number of anilines is 1. The summed E-state index contributed by atoms with van der Waals surface area (Å²) in [6.45, 7) is 0. The molecule has 10 heteroatoms. The number of benzene rings is 2. The van der Waals surface area contributed by atoms with Gasteiger partial charge in [0.1, 0.15) is 11.2 Å². The molecule has 218 valence electrons. The number of hydrogen-bond donors (Lipinski definition) is 3. The molecule has 2 saturated carbocycles. The number of hydrogen-bond acceptors (Lipinski definition) is 5. The Labute approximate surface area is 248 Å². The fourth-order valence-electron chi connectivity index (χ4n) is 8.15. The largest absolute Gasteiger partial charge is 0.469 e. The highest BCUT2D eigenvalue weighted by Crippen LogP contribution is 2.62. The zero-order valence-corrected chi connectivity index (χ0v) is 24.4. The molecular weight excluding hydrogens is 568 g/mol. The van der Waals surface area contributed by atoms with Crippen molar-refractivity contribution in [1.29, 1.82) is 0 Å². The summed E-state index contributed by atoms with van der Waals surface area (Å²) in [6, 6.07) is 9.06. The van der Waals surface area contributed by atoms with Gasteiger partial charge >= 0.3 is 5.97 Å². The Bertz CT molecular complexity index is 1390. The van der Waals surface area contributed by atoms with Crippen molar-refractivity contribution in [1.82, 2.24) is 10.6 Å². The normalized spacial score (nSPS) is 30.2. The van der Waals surface area contributed by atoms with Crippen LogP contribution in [0.15, 0.2) is 36.4 Å². The standard InChI is InChI=1S/C31H34Cl2FN3O4/c1-41-28(39)17-8-11-19(12-9-17)35-27(38)26-24(20-6-5-7-22(33)25(20)34)31(30(37-26)14-3-2-4-15-30)21-13-10-18(32)16-23(21)36-29(31)40/h5-7,10,13,16-17,19,24,26,37H,2-4,8-9,11-12,14-15H2,1H3,(H,35,38)(H,36,40). The van der Waals surface area contributed by atoms with Crippen LogP contribution >= 0.6 is 23.2 Å². The number of nitrogens with one attached hydrogen (secondary N) is 3. The average Bonchev–Trinajstić information content (AvgIpc) is 3.42. The molecule has 3 atom stereocenters. The maximum atomic E-state index is 16.0. The van der Waals surface area contributed by atoms with Gasteiger partial charge < -0.3 is 15.4 Å². The van der Waals surface area contributed by atoms with Gasteiger partial charge in [0.2, 0.25) is 11.8 Å². The van der Waals surface area contributed by atoms with Gasteiger partial charge in [-0.15, -0.1) is 0 Å². The van der Waals surface area contributed by atoms with Crippen molar-refractivity contribution in [2.75, 3.05) is 12.4 Å². The molecule has 0 radical (unpaired) electrons. The maximum absolute atomic E-state index is 16.0. The lowest BCUT2D eigenvalue weighted by molar-refractivity contribution is -0.146. The molecule has 2 spiro atoms. The predicted molar refractivity (Wildman–Crippen MR) is 155 cm³/mol. The van der Waals surface area contributed by atoms with E-state index in [0.29, 0.717) is 49.2 Å². The quantitative estimate of drug-likeness (QED) is 0.395. The van der Waals surface area contributed by atoms with Crippen molar-refractivity contribution in [2.24, 2.45) is 5.92 Å². The predicted octanol–water partition coefficient (Wildman–Crippen LogP) is 5.63. The molecule has 41 heavy (non-hydrogen) atoms. The third-order valence-electron chi connectivity index (χ3n) is 9.91. The molecule has 4 aliphatic rings. The molecule has 2 aromatic rings. The number of fused-ring (bicyclic) bond motifs is 3. The molecule has 6 rings (SSSR count). The monoisotopic (exact) mass is 601 g/mol. The summed E-state index contributed by atoms with van der Waals surface area (Å²) in [5, 5.41) is 10.3. The molecule has 2 aliphatic heterocycles. The number of methoxy groups -OCH3 is 1. The number of amides is 2. The Balaban J connectivity index is 1.45. The van der Waals surface area contributed by atoms with Crippen LogP contribution in [-0.2, 0) is 24.5 Å². The van der Waals surface area contributed by atoms with Gasteiger partial charge in [0.05, 0.1) is 24.1 Å². The summed E-state index contributed by atoms with van der Waals surface area (Å²) in [5.41, 5.74) is -0.495. The van der Waals surface area contributed by atoms with Crippen molar-refractivity contribution < 1.29 is 23.5 Å². The lowest BCUT2D eigenvalue weighted by Gasteiger charge is -2.47. The van der Waals surface area contributed by atoms with Gasteiger partial charge in [-0.3, -0.25) is 19.7 Å². The van der Waals surface area contributed by atoms with Gasteiger partial charge in [0.15, 0.2) is 0 Å². The highest BCUT2D eigenvalue weighted by atomic mass is 35.5. The van der Waals surface area contributed by atoms with E-state index < -0.39 is 28.7 Å². The second kappa shape index (κ2) is 10.9. The molecule has 2 heterocycles. The summed E-state index contributed by atoms with van der Waals surface area (Å²) in [6.07, 6.45) is 6.59. The van der Waals surface area contributed by atoms with Crippen LogP contribution < -0.4 is 16.0 Å². The summed E-state index contributed by atoms with van der Waals surface area (Å²) in [5.74, 6) is -2.44.